The van der Waals surface area contributed by atoms with Crippen molar-refractivity contribution in [1.82, 2.24) is 10.2 Å². The Kier molecular flexibility index (Phi) is 2.92. The fourth-order valence-corrected chi connectivity index (χ4v) is 2.61. The van der Waals surface area contributed by atoms with Gasteiger partial charge in [-0.2, -0.15) is 0 Å². The minimum absolute atomic E-state index is 0.0309. The lowest BCUT2D eigenvalue weighted by Crippen LogP contribution is -2.62. The molecule has 1 saturated carbocycles. The standard InChI is InChI=1S/C13H22N2O2/c1-8(2)13(5-6-13)7-15-10(4)11(16)14-9(3)12(15)17/h8-10H,5-7H2,1-4H3,(H,14,16). The second-order valence-electron chi connectivity index (χ2n) is 5.89. The van der Waals surface area contributed by atoms with Crippen molar-refractivity contribution in [3.8, 4) is 0 Å². The molecule has 1 saturated heterocycles. The van der Waals surface area contributed by atoms with Crippen LogP contribution in [0.4, 0.5) is 0 Å². The summed E-state index contributed by atoms with van der Waals surface area (Å²) in [4.78, 5) is 25.6. The molecule has 2 fully saturated rings. The van der Waals surface area contributed by atoms with E-state index in [1.165, 1.54) is 12.8 Å². The van der Waals surface area contributed by atoms with Crippen molar-refractivity contribution in [2.24, 2.45) is 11.3 Å². The van der Waals surface area contributed by atoms with Gasteiger partial charge in [0.15, 0.2) is 0 Å². The molecule has 1 aliphatic carbocycles. The molecule has 0 spiro atoms. The van der Waals surface area contributed by atoms with Gasteiger partial charge in [-0.25, -0.2) is 0 Å². The number of nitrogens with zero attached hydrogens (tertiary/aromatic N) is 1. The Morgan fingerprint density at radius 2 is 1.94 bits per heavy atom. The van der Waals surface area contributed by atoms with Crippen molar-refractivity contribution >= 4 is 11.8 Å². The van der Waals surface area contributed by atoms with E-state index in [2.05, 4.69) is 19.2 Å². The SMILES string of the molecule is CC1NC(=O)C(C)N(CC2(C(C)C)CC2)C1=O. The minimum atomic E-state index is -0.373. The zero-order valence-corrected chi connectivity index (χ0v) is 11.1. The fraction of sp³-hybridized carbons (Fsp3) is 0.846. The predicted octanol–water partition coefficient (Wildman–Crippen LogP) is 1.16. The lowest BCUT2D eigenvalue weighted by atomic mass is 9.90. The van der Waals surface area contributed by atoms with E-state index in [0.717, 1.165) is 6.54 Å². The topological polar surface area (TPSA) is 49.4 Å². The maximum absolute atomic E-state index is 12.1. The molecular formula is C13H22N2O2. The molecule has 4 nitrogen and oxygen atoms in total. The summed E-state index contributed by atoms with van der Waals surface area (Å²) in [5, 5.41) is 2.71. The molecule has 0 bridgehead atoms. The van der Waals surface area contributed by atoms with Crippen LogP contribution in [-0.4, -0.2) is 35.3 Å². The molecule has 96 valence electrons. The van der Waals surface area contributed by atoms with Crippen LogP contribution in [0.15, 0.2) is 0 Å². The Morgan fingerprint density at radius 1 is 1.35 bits per heavy atom. The second kappa shape index (κ2) is 4.00. The Balaban J connectivity index is 2.13. The van der Waals surface area contributed by atoms with Crippen molar-refractivity contribution < 1.29 is 9.59 Å². The van der Waals surface area contributed by atoms with E-state index in [1.54, 1.807) is 11.8 Å². The summed E-state index contributed by atoms with van der Waals surface area (Å²) in [5.41, 5.74) is 0.265. The van der Waals surface area contributed by atoms with Gasteiger partial charge in [0, 0.05) is 6.54 Å². The predicted molar refractivity (Wildman–Crippen MR) is 65.3 cm³/mol. The van der Waals surface area contributed by atoms with Gasteiger partial charge >= 0.3 is 0 Å². The van der Waals surface area contributed by atoms with Crippen LogP contribution in [0.2, 0.25) is 0 Å². The van der Waals surface area contributed by atoms with Gasteiger partial charge in [0.25, 0.3) is 0 Å². The third kappa shape index (κ3) is 2.05. The highest BCUT2D eigenvalue weighted by atomic mass is 16.2. The molecule has 1 N–H and O–H groups in total. The summed E-state index contributed by atoms with van der Waals surface area (Å²) >= 11 is 0. The van der Waals surface area contributed by atoms with Crippen LogP contribution < -0.4 is 5.32 Å². The summed E-state index contributed by atoms with van der Waals surface area (Å²) in [7, 11) is 0. The summed E-state index contributed by atoms with van der Waals surface area (Å²) in [6.45, 7) is 8.72. The number of nitrogens with one attached hydrogen (secondary N) is 1. The van der Waals surface area contributed by atoms with Crippen LogP contribution in [0.25, 0.3) is 0 Å². The summed E-state index contributed by atoms with van der Waals surface area (Å²) in [6.07, 6.45) is 2.36. The van der Waals surface area contributed by atoms with Crippen LogP contribution in [0.3, 0.4) is 0 Å². The maximum atomic E-state index is 12.1. The lowest BCUT2D eigenvalue weighted by Gasteiger charge is -2.39. The van der Waals surface area contributed by atoms with Gasteiger partial charge in [-0.1, -0.05) is 13.8 Å². The van der Waals surface area contributed by atoms with E-state index >= 15 is 0 Å². The van der Waals surface area contributed by atoms with E-state index in [4.69, 9.17) is 0 Å². The zero-order chi connectivity index (χ0) is 12.8. The average molecular weight is 238 g/mol. The van der Waals surface area contributed by atoms with Crippen LogP contribution in [0.1, 0.15) is 40.5 Å². The highest BCUT2D eigenvalue weighted by Crippen LogP contribution is 2.52. The highest BCUT2D eigenvalue weighted by molar-refractivity contribution is 5.96. The van der Waals surface area contributed by atoms with Crippen LogP contribution in [-0.2, 0) is 9.59 Å². The first kappa shape index (κ1) is 12.4. The number of piperazine rings is 1. The van der Waals surface area contributed by atoms with Crippen molar-refractivity contribution in [3.05, 3.63) is 0 Å². The maximum Gasteiger partial charge on any atom is 0.245 e. The first-order chi connectivity index (χ1) is 7.87. The quantitative estimate of drug-likeness (QED) is 0.802. The third-order valence-electron chi connectivity index (χ3n) is 4.46. The smallest absolute Gasteiger partial charge is 0.245 e. The molecule has 0 aromatic rings. The molecule has 2 amide bonds. The number of carbonyl (C=O) groups excluding carboxylic acids is 2. The first-order valence-electron chi connectivity index (χ1n) is 6.48. The van der Waals surface area contributed by atoms with Crippen molar-refractivity contribution in [3.63, 3.8) is 0 Å². The van der Waals surface area contributed by atoms with Gasteiger partial charge < -0.3 is 10.2 Å². The molecule has 2 aliphatic rings. The normalized spacial score (nSPS) is 31.7. The molecule has 2 unspecified atom stereocenters. The van der Waals surface area contributed by atoms with Gasteiger partial charge in [0.2, 0.25) is 11.8 Å². The van der Waals surface area contributed by atoms with Gasteiger partial charge in [0.05, 0.1) is 0 Å². The van der Waals surface area contributed by atoms with Crippen LogP contribution in [0.5, 0.6) is 0 Å². The van der Waals surface area contributed by atoms with Gasteiger partial charge in [-0.15, -0.1) is 0 Å². The second-order valence-corrected chi connectivity index (χ2v) is 5.89. The fourth-order valence-electron chi connectivity index (χ4n) is 2.61. The highest BCUT2D eigenvalue weighted by Gasteiger charge is 2.49. The Morgan fingerprint density at radius 3 is 2.41 bits per heavy atom. The number of amides is 2. The van der Waals surface area contributed by atoms with Crippen molar-refractivity contribution in [1.29, 1.82) is 0 Å². The van der Waals surface area contributed by atoms with E-state index in [9.17, 15) is 9.59 Å². The summed E-state index contributed by atoms with van der Waals surface area (Å²) in [5.74, 6) is 0.600. The zero-order valence-electron chi connectivity index (χ0n) is 11.1. The monoisotopic (exact) mass is 238 g/mol. The number of carbonyl (C=O) groups is 2. The van der Waals surface area contributed by atoms with E-state index in [0.29, 0.717) is 5.92 Å². The molecule has 4 heteroatoms. The Bertz CT molecular complexity index is 347. The molecule has 2 rings (SSSR count). The summed E-state index contributed by atoms with van der Waals surface area (Å²) in [6, 6.07) is -0.698. The Hall–Kier alpha value is -1.06. The van der Waals surface area contributed by atoms with Gasteiger partial charge in [-0.05, 0) is 38.0 Å². The average Bonchev–Trinajstić information content (AvgIpc) is 3.03. The molecule has 2 atom stereocenters. The lowest BCUT2D eigenvalue weighted by molar-refractivity contribution is -0.149. The number of hydrogen-bond donors (Lipinski definition) is 1. The largest absolute Gasteiger partial charge is 0.343 e. The van der Waals surface area contributed by atoms with Crippen molar-refractivity contribution in [2.45, 2.75) is 52.6 Å². The molecule has 0 aromatic heterocycles. The molecule has 17 heavy (non-hydrogen) atoms. The minimum Gasteiger partial charge on any atom is -0.343 e. The first-order valence-corrected chi connectivity index (χ1v) is 6.48. The van der Waals surface area contributed by atoms with E-state index in [1.807, 2.05) is 6.92 Å². The molecule has 0 radical (unpaired) electrons. The van der Waals surface area contributed by atoms with Crippen molar-refractivity contribution in [2.75, 3.05) is 6.54 Å². The number of hydrogen-bond acceptors (Lipinski definition) is 2. The third-order valence-corrected chi connectivity index (χ3v) is 4.46. The Labute approximate surface area is 103 Å². The molecule has 0 aromatic carbocycles. The van der Waals surface area contributed by atoms with Gasteiger partial charge in [-0.3, -0.25) is 9.59 Å². The summed E-state index contributed by atoms with van der Waals surface area (Å²) < 4.78 is 0. The number of rotatable bonds is 3. The molecule has 1 aliphatic heterocycles. The van der Waals surface area contributed by atoms with Gasteiger partial charge in [0.1, 0.15) is 12.1 Å². The van der Waals surface area contributed by atoms with E-state index < -0.39 is 0 Å². The molecule has 1 heterocycles. The van der Waals surface area contributed by atoms with Crippen LogP contribution in [0, 0.1) is 11.3 Å². The van der Waals surface area contributed by atoms with Crippen LogP contribution >= 0.6 is 0 Å². The molecular weight excluding hydrogens is 216 g/mol. The van der Waals surface area contributed by atoms with E-state index in [-0.39, 0.29) is 29.3 Å².